The van der Waals surface area contributed by atoms with E-state index in [0.717, 1.165) is 10.6 Å². The Bertz CT molecular complexity index is 570. The first-order chi connectivity index (χ1) is 11.3. The predicted octanol–water partition coefficient (Wildman–Crippen LogP) is 2.54. The van der Waals surface area contributed by atoms with Gasteiger partial charge in [-0.1, -0.05) is 30.3 Å². The average molecular weight is 336 g/mol. The summed E-state index contributed by atoms with van der Waals surface area (Å²) in [5.41, 5.74) is 0.166. The molecule has 0 aliphatic carbocycles. The van der Waals surface area contributed by atoms with Crippen molar-refractivity contribution in [2.45, 2.75) is 45.5 Å². The molecule has 0 radical (unpaired) electrons. The maximum Gasteiger partial charge on any atom is 0.429 e. The lowest BCUT2D eigenvalue weighted by molar-refractivity contribution is -0.0859. The third-order valence-electron chi connectivity index (χ3n) is 3.37. The van der Waals surface area contributed by atoms with Gasteiger partial charge >= 0.3 is 12.2 Å². The van der Waals surface area contributed by atoms with E-state index in [2.05, 4.69) is 0 Å². The van der Waals surface area contributed by atoms with Crippen LogP contribution in [0.15, 0.2) is 30.3 Å². The van der Waals surface area contributed by atoms with Crippen LogP contribution in [-0.2, 0) is 16.1 Å². The number of β-amino-alcohol motifs (C(OH)–C–C–N with tert-alkyl or cyclic N) is 1. The molecule has 24 heavy (non-hydrogen) atoms. The molecule has 2 amide bonds. The zero-order valence-electron chi connectivity index (χ0n) is 14.3. The van der Waals surface area contributed by atoms with Gasteiger partial charge in [-0.05, 0) is 32.8 Å². The molecule has 1 atom stereocenters. The van der Waals surface area contributed by atoms with E-state index in [1.54, 1.807) is 20.8 Å². The van der Waals surface area contributed by atoms with Crippen LogP contribution in [0.5, 0.6) is 0 Å². The Morgan fingerprint density at radius 1 is 1.17 bits per heavy atom. The highest BCUT2D eigenvalue weighted by atomic mass is 16.6. The molecule has 1 aliphatic rings. The summed E-state index contributed by atoms with van der Waals surface area (Å²) < 4.78 is 10.6. The van der Waals surface area contributed by atoms with Crippen LogP contribution in [0.2, 0.25) is 0 Å². The zero-order chi connectivity index (χ0) is 17.7. The summed E-state index contributed by atoms with van der Waals surface area (Å²) in [7, 11) is 0. The van der Waals surface area contributed by atoms with Gasteiger partial charge in [-0.2, -0.15) is 0 Å². The molecule has 1 heterocycles. The minimum absolute atomic E-state index is 0.00708. The smallest absolute Gasteiger partial charge is 0.429 e. The van der Waals surface area contributed by atoms with Crippen LogP contribution in [0.25, 0.3) is 0 Å². The Labute approximate surface area is 141 Å². The van der Waals surface area contributed by atoms with Crippen LogP contribution in [0.4, 0.5) is 9.59 Å². The zero-order valence-corrected chi connectivity index (χ0v) is 14.3. The van der Waals surface area contributed by atoms with E-state index >= 15 is 0 Å². The van der Waals surface area contributed by atoms with E-state index in [4.69, 9.17) is 9.47 Å². The Kier molecular flexibility index (Phi) is 5.66. The lowest BCUT2D eigenvalue weighted by Gasteiger charge is -2.39. The number of aliphatic hydroxyl groups excluding tert-OH is 1. The predicted molar refractivity (Wildman–Crippen MR) is 86.9 cm³/mol. The van der Waals surface area contributed by atoms with Crippen LogP contribution in [-0.4, -0.2) is 52.1 Å². The fourth-order valence-corrected chi connectivity index (χ4v) is 2.25. The summed E-state index contributed by atoms with van der Waals surface area (Å²) in [4.78, 5) is 24.6. The van der Waals surface area contributed by atoms with Crippen molar-refractivity contribution >= 4 is 12.2 Å². The molecular weight excluding hydrogens is 312 g/mol. The first kappa shape index (κ1) is 18.1. The van der Waals surface area contributed by atoms with Gasteiger partial charge in [0.15, 0.2) is 0 Å². The lowest BCUT2D eigenvalue weighted by Crippen LogP contribution is -2.57. The van der Waals surface area contributed by atoms with Gasteiger partial charge in [-0.25, -0.2) is 19.6 Å². The fraction of sp³-hybridized carbons (Fsp3) is 0.529. The van der Waals surface area contributed by atoms with Crippen molar-refractivity contribution in [2.75, 3.05) is 13.1 Å². The fourth-order valence-electron chi connectivity index (χ4n) is 2.25. The molecule has 1 fully saturated rings. The Morgan fingerprint density at radius 2 is 1.83 bits per heavy atom. The first-order valence-corrected chi connectivity index (χ1v) is 7.93. The second-order valence-electron chi connectivity index (χ2n) is 6.67. The highest BCUT2D eigenvalue weighted by molar-refractivity contribution is 5.74. The second kappa shape index (κ2) is 7.53. The van der Waals surface area contributed by atoms with Gasteiger partial charge in [0, 0.05) is 6.54 Å². The van der Waals surface area contributed by atoms with Crippen molar-refractivity contribution in [1.82, 2.24) is 10.0 Å². The summed E-state index contributed by atoms with van der Waals surface area (Å²) in [6.45, 7) is 5.53. The monoisotopic (exact) mass is 336 g/mol. The largest absolute Gasteiger partial charge is 0.443 e. The number of ether oxygens (including phenoxy) is 2. The molecule has 132 valence electrons. The lowest BCUT2D eigenvalue weighted by atomic mass is 10.2. The Balaban J connectivity index is 2.02. The van der Waals surface area contributed by atoms with Crippen LogP contribution in [0.3, 0.4) is 0 Å². The molecule has 1 aliphatic heterocycles. The van der Waals surface area contributed by atoms with Crippen LogP contribution in [0.1, 0.15) is 32.8 Å². The maximum atomic E-state index is 12.3. The van der Waals surface area contributed by atoms with Gasteiger partial charge in [0.25, 0.3) is 0 Å². The first-order valence-electron chi connectivity index (χ1n) is 7.93. The summed E-state index contributed by atoms with van der Waals surface area (Å²) in [6.07, 6.45) is -1.65. The van der Waals surface area contributed by atoms with E-state index in [1.807, 2.05) is 30.3 Å². The van der Waals surface area contributed by atoms with E-state index in [0.29, 0.717) is 6.42 Å². The second-order valence-corrected chi connectivity index (χ2v) is 6.67. The van der Waals surface area contributed by atoms with Crippen LogP contribution >= 0.6 is 0 Å². The standard InChI is InChI=1S/C17H24N2O5/c1-17(2,3)24-16(22)18-10-9-14(20)11-19(18)15(21)23-12-13-7-5-4-6-8-13/h4-8,14,20H,9-12H2,1-3H3. The van der Waals surface area contributed by atoms with E-state index < -0.39 is 23.9 Å². The number of hydrogen-bond donors (Lipinski definition) is 1. The molecule has 1 aromatic carbocycles. The molecule has 0 saturated carbocycles. The molecule has 1 aromatic rings. The van der Waals surface area contributed by atoms with E-state index in [9.17, 15) is 14.7 Å². The molecule has 0 bridgehead atoms. The van der Waals surface area contributed by atoms with Gasteiger partial charge in [0.2, 0.25) is 0 Å². The highest BCUT2D eigenvalue weighted by Crippen LogP contribution is 2.18. The van der Waals surface area contributed by atoms with Crippen LogP contribution < -0.4 is 0 Å². The molecule has 1 N–H and O–H groups in total. The van der Waals surface area contributed by atoms with Gasteiger partial charge < -0.3 is 14.6 Å². The number of nitrogens with zero attached hydrogens (tertiary/aromatic N) is 2. The molecule has 1 saturated heterocycles. The van der Waals surface area contributed by atoms with E-state index in [1.165, 1.54) is 5.01 Å². The van der Waals surface area contributed by atoms with Crippen molar-refractivity contribution in [3.8, 4) is 0 Å². The average Bonchev–Trinajstić information content (AvgIpc) is 2.51. The molecule has 2 rings (SSSR count). The normalized spacial score (nSPS) is 18.2. The SMILES string of the molecule is CC(C)(C)OC(=O)N1CCC(O)CN1C(=O)OCc1ccccc1. The van der Waals surface area contributed by atoms with Crippen molar-refractivity contribution in [2.24, 2.45) is 0 Å². The Morgan fingerprint density at radius 3 is 2.46 bits per heavy atom. The number of rotatable bonds is 2. The minimum Gasteiger partial charge on any atom is -0.443 e. The van der Waals surface area contributed by atoms with Crippen molar-refractivity contribution in [3.63, 3.8) is 0 Å². The summed E-state index contributed by atoms with van der Waals surface area (Å²) in [5, 5.41) is 12.1. The number of hydrogen-bond acceptors (Lipinski definition) is 5. The molecule has 0 aromatic heterocycles. The van der Waals surface area contributed by atoms with Gasteiger partial charge in [0.05, 0.1) is 12.6 Å². The summed E-state index contributed by atoms with van der Waals surface area (Å²) in [6, 6.07) is 9.24. The van der Waals surface area contributed by atoms with Crippen molar-refractivity contribution in [3.05, 3.63) is 35.9 Å². The molecule has 0 spiro atoms. The van der Waals surface area contributed by atoms with Crippen molar-refractivity contribution in [1.29, 1.82) is 0 Å². The Hall–Kier alpha value is -2.28. The molecule has 1 unspecified atom stereocenters. The number of benzene rings is 1. The van der Waals surface area contributed by atoms with Crippen molar-refractivity contribution < 1.29 is 24.2 Å². The topological polar surface area (TPSA) is 79.3 Å². The third kappa shape index (κ3) is 5.13. The molecule has 7 heteroatoms. The highest BCUT2D eigenvalue weighted by Gasteiger charge is 2.36. The van der Waals surface area contributed by atoms with Gasteiger partial charge in [-0.3, -0.25) is 0 Å². The van der Waals surface area contributed by atoms with Gasteiger partial charge in [0.1, 0.15) is 12.2 Å². The third-order valence-corrected chi connectivity index (χ3v) is 3.37. The molecular formula is C17H24N2O5. The summed E-state index contributed by atoms with van der Waals surface area (Å²) in [5.74, 6) is 0. The minimum atomic E-state index is -0.701. The number of amides is 2. The van der Waals surface area contributed by atoms with Crippen LogP contribution in [0, 0.1) is 0 Å². The summed E-state index contributed by atoms with van der Waals surface area (Å²) >= 11 is 0. The maximum absolute atomic E-state index is 12.3. The number of aliphatic hydroxyl groups is 1. The molecule has 7 nitrogen and oxygen atoms in total. The van der Waals surface area contributed by atoms with E-state index in [-0.39, 0.29) is 19.7 Å². The number of carbonyl (C=O) groups is 2. The number of hydrazine groups is 1. The van der Waals surface area contributed by atoms with Gasteiger partial charge in [-0.15, -0.1) is 0 Å². The quantitative estimate of drug-likeness (QED) is 0.898. The number of carbonyl (C=O) groups excluding carboxylic acids is 2.